The lowest BCUT2D eigenvalue weighted by atomic mass is 9.51. The summed E-state index contributed by atoms with van der Waals surface area (Å²) >= 11 is 0. The zero-order valence-electron chi connectivity index (χ0n) is 12.4. The van der Waals surface area contributed by atoms with Crippen LogP contribution in [0.1, 0.15) is 55.0 Å². The Morgan fingerprint density at radius 2 is 1.75 bits per heavy atom. The van der Waals surface area contributed by atoms with E-state index < -0.39 is 0 Å². The van der Waals surface area contributed by atoms with Gasteiger partial charge in [0.05, 0.1) is 5.69 Å². The van der Waals surface area contributed by atoms with Crippen LogP contribution in [0.15, 0.2) is 0 Å². The van der Waals surface area contributed by atoms with E-state index in [1.54, 1.807) is 17.7 Å². The third kappa shape index (κ3) is 1.53. The molecule has 6 rings (SSSR count). The number of rotatable bonds is 1. The molecular weight excluding hydrogens is 246 g/mol. The van der Waals surface area contributed by atoms with E-state index in [-0.39, 0.29) is 0 Å². The minimum absolute atomic E-state index is 0.823. The summed E-state index contributed by atoms with van der Waals surface area (Å²) < 4.78 is 2.25. The minimum Gasteiger partial charge on any atom is -0.312 e. The minimum atomic E-state index is 0.823. The first-order valence-corrected chi connectivity index (χ1v) is 8.55. The van der Waals surface area contributed by atoms with Gasteiger partial charge in [-0.3, -0.25) is 4.68 Å². The van der Waals surface area contributed by atoms with E-state index >= 15 is 0 Å². The molecule has 3 heteroatoms. The summed E-state index contributed by atoms with van der Waals surface area (Å²) in [5.74, 6) is 4.89. The summed E-state index contributed by atoms with van der Waals surface area (Å²) in [6, 6.07) is 0. The van der Waals surface area contributed by atoms with Crippen LogP contribution >= 0.6 is 0 Å². The van der Waals surface area contributed by atoms with Crippen molar-refractivity contribution in [3.05, 3.63) is 17.0 Å². The Bertz CT molecular complexity index is 517. The first-order chi connectivity index (χ1) is 9.79. The van der Waals surface area contributed by atoms with Crippen LogP contribution in [0.3, 0.4) is 0 Å². The summed E-state index contributed by atoms with van der Waals surface area (Å²) in [5, 5.41) is 8.42. The second-order valence-electron chi connectivity index (χ2n) is 7.82. The van der Waals surface area contributed by atoms with Crippen LogP contribution in [0.2, 0.25) is 0 Å². The summed E-state index contributed by atoms with van der Waals surface area (Å²) in [7, 11) is 2.19. The average Bonchev–Trinajstić information content (AvgIpc) is 2.74. The third-order valence-corrected chi connectivity index (χ3v) is 6.66. The van der Waals surface area contributed by atoms with E-state index in [0.29, 0.717) is 0 Å². The van der Waals surface area contributed by atoms with Crippen molar-refractivity contribution in [2.24, 2.45) is 30.7 Å². The number of aryl methyl sites for hydroxylation is 1. The zero-order valence-corrected chi connectivity index (χ0v) is 12.4. The van der Waals surface area contributed by atoms with Gasteiger partial charge in [-0.05, 0) is 55.8 Å². The molecule has 4 fully saturated rings. The van der Waals surface area contributed by atoms with Gasteiger partial charge < -0.3 is 5.32 Å². The van der Waals surface area contributed by atoms with Crippen LogP contribution in [0, 0.1) is 23.7 Å². The second kappa shape index (κ2) is 4.09. The van der Waals surface area contributed by atoms with Gasteiger partial charge in [-0.1, -0.05) is 0 Å². The standard InChI is InChI=1S/C17H25N3/c1-20-17(14-9-18-3-2-15(14)19-20)16-12-5-10-4-11(7-12)8-13(16)6-10/h10-13,16,18H,2-9H2,1H3. The molecule has 20 heavy (non-hydrogen) atoms. The second-order valence-corrected chi connectivity index (χ2v) is 7.82. The fourth-order valence-corrected chi connectivity index (χ4v) is 6.24. The average molecular weight is 271 g/mol. The number of fused-ring (bicyclic) bond motifs is 1. The maximum atomic E-state index is 4.86. The largest absolute Gasteiger partial charge is 0.312 e. The Kier molecular flexibility index (Phi) is 2.41. The maximum Gasteiger partial charge on any atom is 0.0685 e. The molecule has 1 aromatic heterocycles. The molecule has 1 N–H and O–H groups in total. The van der Waals surface area contributed by atoms with E-state index in [2.05, 4.69) is 17.0 Å². The maximum absolute atomic E-state index is 4.86. The molecule has 0 atom stereocenters. The van der Waals surface area contributed by atoms with E-state index in [1.165, 1.54) is 31.4 Å². The van der Waals surface area contributed by atoms with Gasteiger partial charge in [0.2, 0.25) is 0 Å². The molecule has 5 aliphatic rings. The van der Waals surface area contributed by atoms with Crippen molar-refractivity contribution in [1.82, 2.24) is 15.1 Å². The number of nitrogens with one attached hydrogen (secondary N) is 1. The van der Waals surface area contributed by atoms with Gasteiger partial charge >= 0.3 is 0 Å². The van der Waals surface area contributed by atoms with Gasteiger partial charge in [-0.2, -0.15) is 5.10 Å². The van der Waals surface area contributed by atoms with Crippen LogP contribution in [-0.2, 0) is 20.0 Å². The molecule has 0 saturated heterocycles. The van der Waals surface area contributed by atoms with Crippen LogP contribution in [-0.4, -0.2) is 16.3 Å². The molecule has 0 radical (unpaired) electrons. The molecule has 1 aliphatic heterocycles. The Balaban J connectivity index is 1.58. The number of nitrogens with zero attached hydrogens (tertiary/aromatic N) is 2. The zero-order chi connectivity index (χ0) is 13.3. The van der Waals surface area contributed by atoms with Gasteiger partial charge in [-0.25, -0.2) is 0 Å². The van der Waals surface area contributed by atoms with Gasteiger partial charge in [0.25, 0.3) is 0 Å². The molecule has 3 nitrogen and oxygen atoms in total. The van der Waals surface area contributed by atoms with Crippen molar-refractivity contribution in [3.63, 3.8) is 0 Å². The van der Waals surface area contributed by atoms with Crippen molar-refractivity contribution >= 4 is 0 Å². The fourth-order valence-electron chi connectivity index (χ4n) is 6.24. The van der Waals surface area contributed by atoms with Gasteiger partial charge in [0.1, 0.15) is 0 Å². The van der Waals surface area contributed by atoms with Crippen molar-refractivity contribution in [1.29, 1.82) is 0 Å². The highest BCUT2D eigenvalue weighted by atomic mass is 15.3. The van der Waals surface area contributed by atoms with E-state index in [1.807, 2.05) is 0 Å². The number of hydrogen-bond acceptors (Lipinski definition) is 2. The van der Waals surface area contributed by atoms with Crippen LogP contribution < -0.4 is 5.32 Å². The van der Waals surface area contributed by atoms with Gasteiger partial charge in [-0.15, -0.1) is 0 Å². The molecule has 0 unspecified atom stereocenters. The van der Waals surface area contributed by atoms with Crippen molar-refractivity contribution in [2.45, 2.75) is 51.0 Å². The summed E-state index contributed by atoms with van der Waals surface area (Å²) in [6.07, 6.45) is 8.69. The van der Waals surface area contributed by atoms with Gasteiger partial charge in [0.15, 0.2) is 0 Å². The van der Waals surface area contributed by atoms with Crippen LogP contribution in [0.25, 0.3) is 0 Å². The smallest absolute Gasteiger partial charge is 0.0685 e. The molecule has 4 bridgehead atoms. The molecule has 0 spiro atoms. The van der Waals surface area contributed by atoms with Gasteiger partial charge in [0, 0.05) is 43.7 Å². The predicted octanol–water partition coefficient (Wildman–Crippen LogP) is 2.61. The quantitative estimate of drug-likeness (QED) is 0.851. The topological polar surface area (TPSA) is 29.9 Å². The van der Waals surface area contributed by atoms with E-state index in [4.69, 9.17) is 5.10 Å². The third-order valence-electron chi connectivity index (χ3n) is 6.66. The number of aromatic nitrogens is 2. The Morgan fingerprint density at radius 3 is 2.45 bits per heavy atom. The monoisotopic (exact) mass is 271 g/mol. The molecule has 4 saturated carbocycles. The lowest BCUT2D eigenvalue weighted by Gasteiger charge is -2.54. The number of hydrogen-bond donors (Lipinski definition) is 1. The van der Waals surface area contributed by atoms with E-state index in [0.717, 1.165) is 49.1 Å². The lowest BCUT2D eigenvalue weighted by molar-refractivity contribution is -0.00566. The molecule has 0 amide bonds. The highest BCUT2D eigenvalue weighted by Gasteiger charge is 2.50. The molecule has 108 valence electrons. The first-order valence-electron chi connectivity index (χ1n) is 8.55. The predicted molar refractivity (Wildman–Crippen MR) is 78.4 cm³/mol. The summed E-state index contributed by atoms with van der Waals surface area (Å²) in [6.45, 7) is 2.16. The normalized spacial score (nSPS) is 42.0. The summed E-state index contributed by atoms with van der Waals surface area (Å²) in [4.78, 5) is 0. The van der Waals surface area contributed by atoms with Crippen LogP contribution in [0.4, 0.5) is 0 Å². The lowest BCUT2D eigenvalue weighted by Crippen LogP contribution is -2.44. The summed E-state index contributed by atoms with van der Waals surface area (Å²) in [5.41, 5.74) is 4.56. The highest BCUT2D eigenvalue weighted by Crippen LogP contribution is 2.60. The molecule has 0 aromatic carbocycles. The molecule has 4 aliphatic carbocycles. The van der Waals surface area contributed by atoms with Crippen LogP contribution in [0.5, 0.6) is 0 Å². The first kappa shape index (κ1) is 11.8. The Morgan fingerprint density at radius 1 is 1.05 bits per heavy atom. The van der Waals surface area contributed by atoms with Crippen molar-refractivity contribution in [3.8, 4) is 0 Å². The van der Waals surface area contributed by atoms with E-state index in [9.17, 15) is 0 Å². The van der Waals surface area contributed by atoms with Crippen molar-refractivity contribution in [2.75, 3.05) is 6.54 Å². The Hall–Kier alpha value is -0.830. The fraction of sp³-hybridized carbons (Fsp3) is 0.824. The Labute approximate surface area is 121 Å². The molecule has 1 aromatic rings. The SMILES string of the molecule is Cn1nc2c(c1C1C3CC4CC(C3)CC1C4)CNCC2. The molecule has 2 heterocycles. The highest BCUT2D eigenvalue weighted by molar-refractivity contribution is 5.33. The van der Waals surface area contributed by atoms with Crippen molar-refractivity contribution < 1.29 is 0 Å². The molecular formula is C17H25N3.